The van der Waals surface area contributed by atoms with Crippen LogP contribution in [0.25, 0.3) is 0 Å². The van der Waals surface area contributed by atoms with Gasteiger partial charge < -0.3 is 39.0 Å². The van der Waals surface area contributed by atoms with Crippen molar-refractivity contribution in [2.24, 2.45) is 29.6 Å². The van der Waals surface area contributed by atoms with E-state index < -0.39 is 48.0 Å². The average Bonchev–Trinajstić information content (AvgIpc) is 2.99. The maximum Gasteiger partial charge on any atom is 0.373 e. The van der Waals surface area contributed by atoms with Crippen LogP contribution in [0.3, 0.4) is 0 Å². The van der Waals surface area contributed by atoms with E-state index in [1.807, 2.05) is 59.8 Å². The molecule has 252 valence electrons. The Hall–Kier alpha value is -2.01. The molecule has 0 saturated carbocycles. The standard InChI is InChI=1S/C35H58O9/c1-12-27-24(6)30(42-11)19-35(39,44-27)26(8)32(37)25(7)33-28(40-9)15-13-14-20(2)16-22(4)31(36)23(5)17-21(3)18-29(41-10)34(38)43-33/h13-15,17-18,22-28,30-33,36-37,39H,12,16,19H2,1-11H3/t22-,23?,24-,25?,26?,27?,28-,30?,31?,32?,33?,35?/m0/s1. The predicted octanol–water partition coefficient (Wildman–Crippen LogP) is 5.10. The van der Waals surface area contributed by atoms with Crippen LogP contribution in [0.15, 0.2) is 47.3 Å². The fraction of sp³-hybridized carbons (Fsp3) is 0.743. The van der Waals surface area contributed by atoms with Crippen LogP contribution < -0.4 is 0 Å². The van der Waals surface area contributed by atoms with E-state index in [9.17, 15) is 20.1 Å². The van der Waals surface area contributed by atoms with E-state index in [4.69, 9.17) is 23.7 Å². The minimum absolute atomic E-state index is 0.00545. The summed E-state index contributed by atoms with van der Waals surface area (Å²) in [5.41, 5.74) is 1.81. The number of allylic oxidation sites excluding steroid dienone is 5. The average molecular weight is 623 g/mol. The Labute approximate surface area is 264 Å². The third-order valence-corrected chi connectivity index (χ3v) is 9.60. The minimum atomic E-state index is -1.65. The van der Waals surface area contributed by atoms with E-state index in [1.54, 1.807) is 33.1 Å². The zero-order valence-electron chi connectivity index (χ0n) is 28.7. The molecular weight excluding hydrogens is 564 g/mol. The van der Waals surface area contributed by atoms with Crippen molar-refractivity contribution in [3.05, 3.63) is 47.3 Å². The molecular formula is C35H58O9. The largest absolute Gasteiger partial charge is 0.490 e. The summed E-state index contributed by atoms with van der Waals surface area (Å²) < 4.78 is 29.2. The summed E-state index contributed by atoms with van der Waals surface area (Å²) in [5, 5.41) is 34.4. The summed E-state index contributed by atoms with van der Waals surface area (Å²) in [6.45, 7) is 15.3. The van der Waals surface area contributed by atoms with E-state index in [2.05, 4.69) is 0 Å². The topological polar surface area (TPSA) is 124 Å². The highest BCUT2D eigenvalue weighted by atomic mass is 16.6. The third-order valence-electron chi connectivity index (χ3n) is 9.60. The third kappa shape index (κ3) is 9.50. The molecule has 1 fully saturated rings. The maximum atomic E-state index is 13.5. The molecule has 2 rings (SSSR count). The first-order valence-electron chi connectivity index (χ1n) is 15.9. The number of aliphatic hydroxyl groups is 3. The summed E-state index contributed by atoms with van der Waals surface area (Å²) in [4.78, 5) is 13.5. The van der Waals surface area contributed by atoms with Crippen molar-refractivity contribution < 1.29 is 43.8 Å². The van der Waals surface area contributed by atoms with Crippen molar-refractivity contribution in [1.82, 2.24) is 0 Å². The van der Waals surface area contributed by atoms with E-state index in [1.165, 1.54) is 14.2 Å². The van der Waals surface area contributed by atoms with Crippen LogP contribution in [0.1, 0.15) is 74.7 Å². The van der Waals surface area contributed by atoms with E-state index in [0.717, 1.165) is 11.1 Å². The molecule has 0 radical (unpaired) electrons. The molecule has 1 saturated heterocycles. The van der Waals surface area contributed by atoms with Crippen molar-refractivity contribution in [3.8, 4) is 0 Å². The lowest BCUT2D eigenvalue weighted by Gasteiger charge is -2.49. The van der Waals surface area contributed by atoms with Crippen LogP contribution in [0.5, 0.6) is 0 Å². The molecule has 0 aliphatic carbocycles. The quantitative estimate of drug-likeness (QED) is 0.317. The van der Waals surface area contributed by atoms with Crippen LogP contribution in [-0.2, 0) is 28.5 Å². The summed E-state index contributed by atoms with van der Waals surface area (Å²) in [7, 11) is 4.53. The van der Waals surface area contributed by atoms with Gasteiger partial charge in [0.2, 0.25) is 5.76 Å². The molecule has 0 bridgehead atoms. The van der Waals surface area contributed by atoms with Gasteiger partial charge in [-0.3, -0.25) is 0 Å². The lowest BCUT2D eigenvalue weighted by molar-refractivity contribution is -0.324. The van der Waals surface area contributed by atoms with Gasteiger partial charge >= 0.3 is 5.97 Å². The monoisotopic (exact) mass is 622 g/mol. The minimum Gasteiger partial charge on any atom is -0.490 e. The molecule has 12 atom stereocenters. The first-order valence-corrected chi connectivity index (χ1v) is 15.9. The van der Waals surface area contributed by atoms with Crippen LogP contribution >= 0.6 is 0 Å². The second-order valence-corrected chi connectivity index (χ2v) is 13.0. The first-order chi connectivity index (χ1) is 20.6. The number of carbonyl (C=O) groups excluding carboxylic acids is 1. The second kappa shape index (κ2) is 17.1. The van der Waals surface area contributed by atoms with Gasteiger partial charge in [-0.25, -0.2) is 4.79 Å². The number of hydrogen-bond acceptors (Lipinski definition) is 9. The zero-order valence-corrected chi connectivity index (χ0v) is 28.7. The van der Waals surface area contributed by atoms with Crippen molar-refractivity contribution in [3.63, 3.8) is 0 Å². The summed E-state index contributed by atoms with van der Waals surface area (Å²) in [6, 6.07) is 0. The van der Waals surface area contributed by atoms with Gasteiger partial charge in [-0.1, -0.05) is 77.0 Å². The normalized spacial score (nSPS) is 36.8. The molecule has 9 heteroatoms. The predicted molar refractivity (Wildman–Crippen MR) is 170 cm³/mol. The Balaban J connectivity index is 2.52. The fourth-order valence-electron chi connectivity index (χ4n) is 6.58. The zero-order chi connectivity index (χ0) is 33.4. The molecule has 2 aliphatic heterocycles. The number of carbonyl (C=O) groups is 1. The van der Waals surface area contributed by atoms with Gasteiger partial charge in [0, 0.05) is 44.3 Å². The second-order valence-electron chi connectivity index (χ2n) is 13.0. The number of esters is 1. The summed E-state index contributed by atoms with van der Waals surface area (Å²) in [5.74, 6) is -3.92. The van der Waals surface area contributed by atoms with E-state index in [0.29, 0.717) is 12.8 Å². The van der Waals surface area contributed by atoms with Crippen LogP contribution in [0, 0.1) is 29.6 Å². The fourth-order valence-corrected chi connectivity index (χ4v) is 6.58. The molecule has 44 heavy (non-hydrogen) atoms. The number of hydrogen-bond donors (Lipinski definition) is 3. The smallest absolute Gasteiger partial charge is 0.373 e. The Morgan fingerprint density at radius 1 is 1.11 bits per heavy atom. The van der Waals surface area contributed by atoms with Gasteiger partial charge in [-0.2, -0.15) is 0 Å². The molecule has 2 heterocycles. The SMILES string of the molecule is CCC1OC(O)(C(C)C(O)C(C)C2OC(=O)C(OC)=CC(C)=CC(C)C(O)[C@@H](C)CC(C)=CC=C[C@@H]2OC)CC(OC)[C@H]1C. The van der Waals surface area contributed by atoms with Crippen molar-refractivity contribution in [1.29, 1.82) is 0 Å². The molecule has 2 aliphatic rings. The number of ether oxygens (including phenoxy) is 5. The van der Waals surface area contributed by atoms with E-state index >= 15 is 0 Å². The van der Waals surface area contributed by atoms with Gasteiger partial charge in [-0.15, -0.1) is 0 Å². The van der Waals surface area contributed by atoms with Gasteiger partial charge in [0.05, 0.1) is 31.5 Å². The van der Waals surface area contributed by atoms with E-state index in [-0.39, 0.29) is 42.1 Å². The molecule has 0 aromatic rings. The molecule has 9 nitrogen and oxygen atoms in total. The van der Waals surface area contributed by atoms with Gasteiger partial charge in [0.15, 0.2) is 5.79 Å². The lowest BCUT2D eigenvalue weighted by atomic mass is 9.77. The molecule has 9 unspecified atom stereocenters. The van der Waals surface area contributed by atoms with Gasteiger partial charge in [0.1, 0.15) is 12.2 Å². The highest BCUT2D eigenvalue weighted by molar-refractivity contribution is 5.87. The van der Waals surface area contributed by atoms with Crippen molar-refractivity contribution in [2.45, 2.75) is 117 Å². The van der Waals surface area contributed by atoms with Gasteiger partial charge in [-0.05, 0) is 38.7 Å². The molecule has 0 amide bonds. The Morgan fingerprint density at radius 3 is 2.34 bits per heavy atom. The maximum absolute atomic E-state index is 13.5. The van der Waals surface area contributed by atoms with Crippen LogP contribution in [-0.4, -0.2) is 85.0 Å². The number of rotatable bonds is 8. The molecule has 3 N–H and O–H groups in total. The Kier molecular flexibility index (Phi) is 14.8. The number of methoxy groups -OCH3 is 3. The first kappa shape index (κ1) is 38.2. The molecule has 0 spiro atoms. The van der Waals surface area contributed by atoms with Crippen LogP contribution in [0.4, 0.5) is 0 Å². The Morgan fingerprint density at radius 2 is 1.77 bits per heavy atom. The number of cyclic esters (lactones) is 1. The molecule has 0 aromatic carbocycles. The van der Waals surface area contributed by atoms with Crippen molar-refractivity contribution >= 4 is 5.97 Å². The Bertz CT molecular complexity index is 1030. The van der Waals surface area contributed by atoms with Crippen LogP contribution in [0.2, 0.25) is 0 Å². The summed E-state index contributed by atoms with van der Waals surface area (Å²) >= 11 is 0. The van der Waals surface area contributed by atoms with Crippen molar-refractivity contribution in [2.75, 3.05) is 21.3 Å². The highest BCUT2D eigenvalue weighted by Gasteiger charge is 2.51. The molecule has 0 aromatic heterocycles. The number of aliphatic hydroxyl groups excluding tert-OH is 2. The summed E-state index contributed by atoms with van der Waals surface area (Å²) in [6.07, 6.45) is 6.76. The van der Waals surface area contributed by atoms with Gasteiger partial charge in [0.25, 0.3) is 0 Å². The highest BCUT2D eigenvalue weighted by Crippen LogP contribution is 2.41. The lowest BCUT2D eigenvalue weighted by Crippen LogP contribution is -2.58.